The summed E-state index contributed by atoms with van der Waals surface area (Å²) in [5, 5.41) is 1.27. The minimum Gasteiger partial charge on any atom is -0.482 e. The first-order valence-electron chi connectivity index (χ1n) is 4.74. The second-order valence-electron chi connectivity index (χ2n) is 3.11. The van der Waals surface area contributed by atoms with Gasteiger partial charge in [0.2, 0.25) is 0 Å². The van der Waals surface area contributed by atoms with Crippen LogP contribution in [0.2, 0.25) is 5.02 Å². The summed E-state index contributed by atoms with van der Waals surface area (Å²) in [6.45, 7) is 2.13. The van der Waals surface area contributed by atoms with E-state index in [0.717, 1.165) is 5.56 Å². The molecular formula is C11H12BrClO3. The molecule has 0 heterocycles. The van der Waals surface area contributed by atoms with E-state index in [0.29, 0.717) is 22.7 Å². The first-order valence-corrected chi connectivity index (χ1v) is 6.24. The normalized spacial score (nSPS) is 9.94. The van der Waals surface area contributed by atoms with Gasteiger partial charge in [-0.3, -0.25) is 0 Å². The van der Waals surface area contributed by atoms with Crippen LogP contribution in [0.3, 0.4) is 0 Å². The molecule has 0 spiro atoms. The van der Waals surface area contributed by atoms with E-state index >= 15 is 0 Å². The number of hydrogen-bond donors (Lipinski definition) is 0. The highest BCUT2D eigenvalue weighted by atomic mass is 79.9. The molecule has 0 atom stereocenters. The maximum Gasteiger partial charge on any atom is 0.344 e. The summed E-state index contributed by atoms with van der Waals surface area (Å²) in [4.78, 5) is 11.2. The second-order valence-corrected chi connectivity index (χ2v) is 4.34. The van der Waals surface area contributed by atoms with Crippen LogP contribution in [0.15, 0.2) is 18.2 Å². The summed E-state index contributed by atoms with van der Waals surface area (Å²) in [5.74, 6) is 0.258. The number of rotatable bonds is 5. The summed E-state index contributed by atoms with van der Waals surface area (Å²) in [5.41, 5.74) is 0.890. The third-order valence-electron chi connectivity index (χ3n) is 1.82. The van der Waals surface area contributed by atoms with Crippen molar-refractivity contribution in [2.75, 3.05) is 18.5 Å². The Morgan fingerprint density at radius 1 is 1.50 bits per heavy atom. The third-order valence-corrected chi connectivity index (χ3v) is 2.38. The summed E-state index contributed by atoms with van der Waals surface area (Å²) >= 11 is 8.96. The predicted octanol–water partition coefficient (Wildman–Crippen LogP) is 2.97. The van der Waals surface area contributed by atoms with E-state index in [1.54, 1.807) is 18.2 Å². The molecule has 0 fully saturated rings. The predicted molar refractivity (Wildman–Crippen MR) is 66.4 cm³/mol. The summed E-state index contributed by atoms with van der Waals surface area (Å²) < 4.78 is 10.1. The molecular weight excluding hydrogens is 295 g/mol. The molecule has 0 saturated heterocycles. The zero-order valence-corrected chi connectivity index (χ0v) is 11.2. The van der Waals surface area contributed by atoms with E-state index in [1.165, 1.54) is 0 Å². The van der Waals surface area contributed by atoms with Gasteiger partial charge in [-0.15, -0.1) is 0 Å². The number of carbonyl (C=O) groups is 1. The lowest BCUT2D eigenvalue weighted by Crippen LogP contribution is -2.16. The van der Waals surface area contributed by atoms with Gasteiger partial charge in [0.15, 0.2) is 6.61 Å². The third kappa shape index (κ3) is 4.41. The van der Waals surface area contributed by atoms with Gasteiger partial charge in [-0.1, -0.05) is 27.5 Å². The molecule has 3 nitrogen and oxygen atoms in total. The molecule has 0 aromatic heterocycles. The lowest BCUT2D eigenvalue weighted by Gasteiger charge is -2.08. The molecule has 16 heavy (non-hydrogen) atoms. The van der Waals surface area contributed by atoms with Crippen molar-refractivity contribution in [3.05, 3.63) is 28.8 Å². The van der Waals surface area contributed by atoms with Gasteiger partial charge >= 0.3 is 5.97 Å². The second kappa shape index (κ2) is 6.76. The molecule has 1 rings (SSSR count). The highest BCUT2D eigenvalue weighted by Crippen LogP contribution is 2.21. The molecule has 0 aliphatic rings. The Kier molecular flexibility index (Phi) is 5.63. The molecule has 1 aromatic carbocycles. The number of alkyl halides is 1. The van der Waals surface area contributed by atoms with E-state index in [2.05, 4.69) is 15.9 Å². The Labute approximate surface area is 108 Å². The van der Waals surface area contributed by atoms with Crippen LogP contribution in [0.25, 0.3) is 0 Å². The number of hydrogen-bond acceptors (Lipinski definition) is 3. The number of esters is 1. The van der Waals surface area contributed by atoms with Crippen LogP contribution in [-0.4, -0.2) is 24.5 Å². The van der Waals surface area contributed by atoms with Crippen molar-refractivity contribution in [2.24, 2.45) is 0 Å². The largest absolute Gasteiger partial charge is 0.482 e. The van der Waals surface area contributed by atoms with Gasteiger partial charge in [-0.25, -0.2) is 4.79 Å². The van der Waals surface area contributed by atoms with Crippen molar-refractivity contribution < 1.29 is 14.3 Å². The number of halogens is 2. The Bertz CT molecular complexity index is 368. The smallest absolute Gasteiger partial charge is 0.344 e. The molecule has 0 radical (unpaired) electrons. The molecule has 0 amide bonds. The number of benzene rings is 1. The summed E-state index contributed by atoms with van der Waals surface area (Å²) in [7, 11) is 0. The van der Waals surface area contributed by atoms with Crippen molar-refractivity contribution in [3.8, 4) is 5.75 Å². The van der Waals surface area contributed by atoms with Gasteiger partial charge in [-0.2, -0.15) is 0 Å². The van der Waals surface area contributed by atoms with E-state index in [9.17, 15) is 4.79 Å². The average molecular weight is 308 g/mol. The lowest BCUT2D eigenvalue weighted by molar-refractivity contribution is -0.145. The van der Waals surface area contributed by atoms with Gasteiger partial charge < -0.3 is 9.47 Å². The van der Waals surface area contributed by atoms with Crippen LogP contribution in [0.1, 0.15) is 5.56 Å². The van der Waals surface area contributed by atoms with Gasteiger partial charge in [0.25, 0.3) is 0 Å². The molecule has 0 unspecified atom stereocenters. The SMILES string of the molecule is Cc1cc(Cl)ccc1OCC(=O)OCCBr. The molecule has 0 bridgehead atoms. The van der Waals surface area contributed by atoms with Gasteiger partial charge in [0, 0.05) is 10.4 Å². The molecule has 0 saturated carbocycles. The van der Waals surface area contributed by atoms with Crippen molar-refractivity contribution in [1.29, 1.82) is 0 Å². The zero-order valence-electron chi connectivity index (χ0n) is 8.83. The van der Waals surface area contributed by atoms with Crippen molar-refractivity contribution >= 4 is 33.5 Å². The molecule has 88 valence electrons. The molecule has 0 N–H and O–H groups in total. The van der Waals surface area contributed by atoms with Crippen LogP contribution in [0.4, 0.5) is 0 Å². The van der Waals surface area contributed by atoms with Crippen LogP contribution in [0, 0.1) is 6.92 Å². The molecule has 0 aliphatic carbocycles. The van der Waals surface area contributed by atoms with E-state index in [-0.39, 0.29) is 12.6 Å². The monoisotopic (exact) mass is 306 g/mol. The number of carbonyl (C=O) groups excluding carboxylic acids is 1. The fourth-order valence-electron chi connectivity index (χ4n) is 1.11. The highest BCUT2D eigenvalue weighted by Gasteiger charge is 2.05. The Balaban J connectivity index is 2.45. The Hall–Kier alpha value is -0.740. The van der Waals surface area contributed by atoms with Crippen molar-refractivity contribution in [1.82, 2.24) is 0 Å². The quantitative estimate of drug-likeness (QED) is 0.620. The minimum absolute atomic E-state index is 0.0878. The van der Waals surface area contributed by atoms with Crippen LogP contribution in [-0.2, 0) is 9.53 Å². The fraction of sp³-hybridized carbons (Fsp3) is 0.364. The molecule has 1 aromatic rings. The van der Waals surface area contributed by atoms with E-state index in [4.69, 9.17) is 21.1 Å². The van der Waals surface area contributed by atoms with Crippen LogP contribution in [0.5, 0.6) is 5.75 Å². The average Bonchev–Trinajstić information content (AvgIpc) is 2.25. The topological polar surface area (TPSA) is 35.5 Å². The zero-order chi connectivity index (χ0) is 12.0. The number of aryl methyl sites for hydroxylation is 1. The minimum atomic E-state index is -0.381. The summed E-state index contributed by atoms with van der Waals surface area (Å²) in [6, 6.07) is 5.23. The fourth-order valence-corrected chi connectivity index (χ4v) is 1.49. The van der Waals surface area contributed by atoms with Crippen molar-refractivity contribution in [3.63, 3.8) is 0 Å². The van der Waals surface area contributed by atoms with Gasteiger partial charge in [-0.05, 0) is 30.7 Å². The standard InChI is InChI=1S/C11H12BrClO3/c1-8-6-9(13)2-3-10(8)16-7-11(14)15-5-4-12/h2-3,6H,4-5,7H2,1H3. The van der Waals surface area contributed by atoms with Gasteiger partial charge in [0.05, 0.1) is 0 Å². The number of ether oxygens (including phenoxy) is 2. The molecule has 5 heteroatoms. The molecule has 0 aliphatic heterocycles. The lowest BCUT2D eigenvalue weighted by atomic mass is 10.2. The van der Waals surface area contributed by atoms with Crippen LogP contribution >= 0.6 is 27.5 Å². The maximum atomic E-state index is 11.2. The Morgan fingerprint density at radius 3 is 2.88 bits per heavy atom. The van der Waals surface area contributed by atoms with Crippen molar-refractivity contribution in [2.45, 2.75) is 6.92 Å². The summed E-state index contributed by atoms with van der Waals surface area (Å²) in [6.07, 6.45) is 0. The Morgan fingerprint density at radius 2 is 2.25 bits per heavy atom. The van der Waals surface area contributed by atoms with E-state index < -0.39 is 0 Å². The first kappa shape index (κ1) is 13.3. The highest BCUT2D eigenvalue weighted by molar-refractivity contribution is 9.09. The first-order chi connectivity index (χ1) is 7.63. The van der Waals surface area contributed by atoms with E-state index in [1.807, 2.05) is 6.92 Å². The van der Waals surface area contributed by atoms with Crippen LogP contribution < -0.4 is 4.74 Å². The maximum absolute atomic E-state index is 11.2. The van der Waals surface area contributed by atoms with Gasteiger partial charge in [0.1, 0.15) is 12.4 Å².